The molecule has 0 aliphatic rings. The van der Waals surface area contributed by atoms with Crippen molar-refractivity contribution >= 4 is 0 Å². The molecule has 2 rings (SSSR count). The van der Waals surface area contributed by atoms with E-state index in [0.717, 1.165) is 5.56 Å². The Morgan fingerprint density at radius 2 is 1.89 bits per heavy atom. The highest BCUT2D eigenvalue weighted by molar-refractivity contribution is 5.43. The lowest BCUT2D eigenvalue weighted by Crippen LogP contribution is -2.00. The fourth-order valence-corrected chi connectivity index (χ4v) is 1.79. The normalized spacial score (nSPS) is 10.3. The maximum absolute atomic E-state index is 9.05. The summed E-state index contributed by atoms with van der Waals surface area (Å²) in [5, 5.41) is 9.05. The van der Waals surface area contributed by atoms with Crippen molar-refractivity contribution < 1.29 is 14.6 Å². The fraction of sp³-hybridized carbons (Fsp3) is 0.286. The van der Waals surface area contributed by atoms with Gasteiger partial charge in [0, 0.05) is 12.6 Å². The van der Waals surface area contributed by atoms with Gasteiger partial charge in [0.1, 0.15) is 5.82 Å². The van der Waals surface area contributed by atoms with Crippen molar-refractivity contribution in [2.24, 2.45) is 0 Å². The minimum Gasteiger partial charge on any atom is -0.493 e. The van der Waals surface area contributed by atoms with Crippen LogP contribution in [0.1, 0.15) is 17.1 Å². The summed E-state index contributed by atoms with van der Waals surface area (Å²) in [6, 6.07) is 7.38. The quantitative estimate of drug-likeness (QED) is 0.884. The van der Waals surface area contributed by atoms with Crippen molar-refractivity contribution in [3.8, 4) is 11.5 Å². The fourth-order valence-electron chi connectivity index (χ4n) is 1.79. The van der Waals surface area contributed by atoms with Crippen molar-refractivity contribution in [1.82, 2.24) is 9.97 Å². The Morgan fingerprint density at radius 3 is 2.58 bits per heavy atom. The Hall–Kier alpha value is -2.14. The molecule has 100 valence electrons. The number of methoxy groups -OCH3 is 2. The third-order valence-corrected chi connectivity index (χ3v) is 2.74. The van der Waals surface area contributed by atoms with Crippen LogP contribution < -0.4 is 9.47 Å². The number of hydrogen-bond donors (Lipinski definition) is 1. The van der Waals surface area contributed by atoms with Gasteiger partial charge in [-0.25, -0.2) is 9.97 Å². The number of aliphatic hydroxyl groups excluding tert-OH is 1. The molecule has 1 heterocycles. The Kier molecular flexibility index (Phi) is 4.30. The van der Waals surface area contributed by atoms with Gasteiger partial charge in [0.2, 0.25) is 0 Å². The monoisotopic (exact) mass is 260 g/mol. The van der Waals surface area contributed by atoms with Crippen LogP contribution in [0.15, 0.2) is 30.5 Å². The Balaban J connectivity index is 2.22. The molecule has 0 amide bonds. The molecule has 0 atom stereocenters. The van der Waals surface area contributed by atoms with Crippen LogP contribution in [-0.2, 0) is 13.0 Å². The molecule has 0 bridgehead atoms. The molecular weight excluding hydrogens is 244 g/mol. The number of aliphatic hydroxyl groups is 1. The summed E-state index contributed by atoms with van der Waals surface area (Å²) in [6.07, 6.45) is 2.23. The van der Waals surface area contributed by atoms with Crippen molar-refractivity contribution in [2.45, 2.75) is 13.0 Å². The van der Waals surface area contributed by atoms with Crippen molar-refractivity contribution in [3.63, 3.8) is 0 Å². The van der Waals surface area contributed by atoms with Crippen LogP contribution in [0.5, 0.6) is 11.5 Å². The molecule has 0 unspecified atom stereocenters. The highest BCUT2D eigenvalue weighted by Gasteiger charge is 2.06. The van der Waals surface area contributed by atoms with E-state index in [0.29, 0.717) is 29.4 Å². The summed E-state index contributed by atoms with van der Waals surface area (Å²) < 4.78 is 10.4. The average Bonchev–Trinajstić information content (AvgIpc) is 2.47. The molecule has 0 fully saturated rings. The predicted octanol–water partition coefficient (Wildman–Crippen LogP) is 1.58. The first-order chi connectivity index (χ1) is 9.26. The molecule has 5 heteroatoms. The molecule has 0 aliphatic heterocycles. The second-order valence-electron chi connectivity index (χ2n) is 3.99. The van der Waals surface area contributed by atoms with Crippen LogP contribution in [0.25, 0.3) is 0 Å². The Labute approximate surface area is 111 Å². The van der Waals surface area contributed by atoms with Crippen LogP contribution >= 0.6 is 0 Å². The first-order valence-corrected chi connectivity index (χ1v) is 5.89. The molecule has 0 radical (unpaired) electrons. The third-order valence-electron chi connectivity index (χ3n) is 2.74. The zero-order valence-corrected chi connectivity index (χ0v) is 11.0. The van der Waals surface area contributed by atoms with E-state index in [4.69, 9.17) is 14.6 Å². The smallest absolute Gasteiger partial charge is 0.161 e. The van der Waals surface area contributed by atoms with E-state index < -0.39 is 0 Å². The van der Waals surface area contributed by atoms with Gasteiger partial charge < -0.3 is 14.6 Å². The van der Waals surface area contributed by atoms with E-state index in [-0.39, 0.29) is 6.61 Å². The third kappa shape index (κ3) is 3.20. The van der Waals surface area contributed by atoms with Crippen LogP contribution in [0, 0.1) is 0 Å². The minimum atomic E-state index is -0.0819. The number of ether oxygens (including phenoxy) is 2. The van der Waals surface area contributed by atoms with Gasteiger partial charge >= 0.3 is 0 Å². The van der Waals surface area contributed by atoms with Gasteiger partial charge in [-0.3, -0.25) is 0 Å². The van der Waals surface area contributed by atoms with Gasteiger partial charge in [-0.05, 0) is 23.8 Å². The van der Waals surface area contributed by atoms with E-state index in [1.165, 1.54) is 0 Å². The summed E-state index contributed by atoms with van der Waals surface area (Å²) in [5.74, 6) is 2.04. The maximum atomic E-state index is 9.05. The summed E-state index contributed by atoms with van der Waals surface area (Å²) in [5.41, 5.74) is 1.64. The van der Waals surface area contributed by atoms with Crippen LogP contribution in [0.2, 0.25) is 0 Å². The van der Waals surface area contributed by atoms with Gasteiger partial charge in [0.15, 0.2) is 11.5 Å². The molecule has 0 saturated carbocycles. The zero-order chi connectivity index (χ0) is 13.7. The lowest BCUT2D eigenvalue weighted by atomic mass is 10.1. The molecule has 0 aliphatic carbocycles. The summed E-state index contributed by atoms with van der Waals surface area (Å²) in [6.45, 7) is -0.0819. The van der Waals surface area contributed by atoms with Gasteiger partial charge in [-0.15, -0.1) is 0 Å². The molecule has 1 aromatic heterocycles. The lowest BCUT2D eigenvalue weighted by molar-refractivity contribution is 0.276. The zero-order valence-electron chi connectivity index (χ0n) is 11.0. The number of rotatable bonds is 5. The van der Waals surface area contributed by atoms with Crippen LogP contribution in [0.3, 0.4) is 0 Å². The first kappa shape index (κ1) is 13.3. The minimum absolute atomic E-state index is 0.0819. The molecule has 0 spiro atoms. The van der Waals surface area contributed by atoms with Gasteiger partial charge in [-0.1, -0.05) is 6.07 Å². The topological polar surface area (TPSA) is 64.5 Å². The predicted molar refractivity (Wildman–Crippen MR) is 70.3 cm³/mol. The highest BCUT2D eigenvalue weighted by Crippen LogP contribution is 2.28. The van der Waals surface area contributed by atoms with E-state index in [1.807, 2.05) is 18.2 Å². The van der Waals surface area contributed by atoms with Crippen LogP contribution in [-0.4, -0.2) is 29.3 Å². The van der Waals surface area contributed by atoms with Crippen molar-refractivity contribution in [3.05, 3.63) is 47.5 Å². The van der Waals surface area contributed by atoms with Gasteiger partial charge in [-0.2, -0.15) is 0 Å². The molecule has 19 heavy (non-hydrogen) atoms. The van der Waals surface area contributed by atoms with Gasteiger partial charge in [0.05, 0.1) is 26.5 Å². The van der Waals surface area contributed by atoms with E-state index in [9.17, 15) is 0 Å². The summed E-state index contributed by atoms with van der Waals surface area (Å²) >= 11 is 0. The Bertz CT molecular complexity index is 558. The molecule has 2 aromatic rings. The lowest BCUT2D eigenvalue weighted by Gasteiger charge is -2.09. The maximum Gasteiger partial charge on any atom is 0.161 e. The summed E-state index contributed by atoms with van der Waals surface area (Å²) in [7, 11) is 3.20. The number of hydrogen-bond acceptors (Lipinski definition) is 5. The molecule has 5 nitrogen and oxygen atoms in total. The molecular formula is C14H16N2O3. The Morgan fingerprint density at radius 1 is 1.11 bits per heavy atom. The van der Waals surface area contributed by atoms with E-state index >= 15 is 0 Å². The number of benzene rings is 1. The second kappa shape index (κ2) is 6.15. The highest BCUT2D eigenvalue weighted by atomic mass is 16.5. The molecule has 1 N–H and O–H groups in total. The number of aromatic nitrogens is 2. The molecule has 0 saturated heterocycles. The first-order valence-electron chi connectivity index (χ1n) is 5.89. The van der Waals surface area contributed by atoms with Gasteiger partial charge in [0.25, 0.3) is 0 Å². The van der Waals surface area contributed by atoms with E-state index in [1.54, 1.807) is 26.5 Å². The van der Waals surface area contributed by atoms with Crippen molar-refractivity contribution in [1.29, 1.82) is 0 Å². The summed E-state index contributed by atoms with van der Waals surface area (Å²) in [4.78, 5) is 8.44. The molecule has 1 aromatic carbocycles. The van der Waals surface area contributed by atoms with Crippen molar-refractivity contribution in [2.75, 3.05) is 14.2 Å². The standard InChI is InChI=1S/C14H16N2O3/c1-18-12-4-3-10(7-13(12)19-2)8-14-15-6-5-11(9-17)16-14/h3-7,17H,8-9H2,1-2H3. The van der Waals surface area contributed by atoms with Crippen LogP contribution in [0.4, 0.5) is 0 Å². The largest absolute Gasteiger partial charge is 0.493 e. The second-order valence-corrected chi connectivity index (χ2v) is 3.99. The van der Waals surface area contributed by atoms with E-state index in [2.05, 4.69) is 9.97 Å². The SMILES string of the molecule is COc1ccc(Cc2nccc(CO)n2)cc1OC. The average molecular weight is 260 g/mol. The number of nitrogens with zero attached hydrogens (tertiary/aromatic N) is 2.